The van der Waals surface area contributed by atoms with Gasteiger partial charge in [-0.05, 0) is 13.3 Å². The van der Waals surface area contributed by atoms with Gasteiger partial charge >= 0.3 is 0 Å². The molecule has 0 aliphatic carbocycles. The van der Waals surface area contributed by atoms with Gasteiger partial charge in [-0.15, -0.1) is 0 Å². The zero-order valence-corrected chi connectivity index (χ0v) is 9.60. The summed E-state index contributed by atoms with van der Waals surface area (Å²) in [6.45, 7) is 5.59. The summed E-state index contributed by atoms with van der Waals surface area (Å²) in [7, 11) is 1.94. The first-order valence-electron chi connectivity index (χ1n) is 5.46. The van der Waals surface area contributed by atoms with E-state index in [2.05, 4.69) is 12.0 Å². The molecule has 0 aromatic carbocycles. The number of carbonyl (C=O) groups excluding carboxylic acids is 1. The molecule has 2 rings (SSSR count). The van der Waals surface area contributed by atoms with Gasteiger partial charge in [0, 0.05) is 25.7 Å². The highest BCUT2D eigenvalue weighted by molar-refractivity contribution is 5.93. The Morgan fingerprint density at radius 1 is 1.53 bits per heavy atom. The molecule has 0 bridgehead atoms. The van der Waals surface area contributed by atoms with Crippen LogP contribution in [0.3, 0.4) is 0 Å². The number of hydrogen-bond acceptors (Lipinski definition) is 4. The Labute approximate surface area is 90.3 Å². The lowest BCUT2D eigenvalue weighted by atomic mass is 10.1. The summed E-state index contributed by atoms with van der Waals surface area (Å²) in [6, 6.07) is -0.0484. The predicted octanol–water partition coefficient (Wildman–Crippen LogP) is 0.493. The highest BCUT2D eigenvalue weighted by Crippen LogP contribution is 2.23. The molecule has 1 atom stereocenters. The minimum absolute atomic E-state index is 0.0484. The van der Waals surface area contributed by atoms with Crippen LogP contribution in [0, 0.1) is 0 Å². The molecule has 5 nitrogen and oxygen atoms in total. The van der Waals surface area contributed by atoms with E-state index in [0.717, 1.165) is 25.1 Å². The van der Waals surface area contributed by atoms with Crippen molar-refractivity contribution < 1.29 is 4.79 Å². The molecule has 0 saturated carbocycles. The van der Waals surface area contributed by atoms with Crippen molar-refractivity contribution in [3.05, 3.63) is 0 Å². The van der Waals surface area contributed by atoms with Crippen LogP contribution in [0.1, 0.15) is 26.7 Å². The van der Waals surface area contributed by atoms with E-state index in [-0.39, 0.29) is 11.9 Å². The van der Waals surface area contributed by atoms with Crippen molar-refractivity contribution >= 4 is 11.6 Å². The van der Waals surface area contributed by atoms with Gasteiger partial charge in [-0.25, -0.2) is 5.01 Å². The Morgan fingerprint density at radius 3 is 2.93 bits per heavy atom. The van der Waals surface area contributed by atoms with Gasteiger partial charge in [-0.1, -0.05) is 6.92 Å². The molecule has 2 aliphatic heterocycles. The average molecular weight is 210 g/mol. The average Bonchev–Trinajstić information content (AvgIpc) is 2.53. The molecule has 1 unspecified atom stereocenters. The zero-order chi connectivity index (χ0) is 11.0. The summed E-state index contributed by atoms with van der Waals surface area (Å²) < 4.78 is 0. The number of hydrazine groups is 1. The van der Waals surface area contributed by atoms with Gasteiger partial charge in [-0.2, -0.15) is 5.10 Å². The minimum Gasteiger partial charge on any atom is -0.272 e. The Morgan fingerprint density at radius 2 is 2.27 bits per heavy atom. The van der Waals surface area contributed by atoms with Crippen LogP contribution in [-0.2, 0) is 4.79 Å². The van der Waals surface area contributed by atoms with E-state index in [1.54, 1.807) is 0 Å². The van der Waals surface area contributed by atoms with Crippen molar-refractivity contribution in [3.63, 3.8) is 0 Å². The van der Waals surface area contributed by atoms with Crippen molar-refractivity contribution in [2.24, 2.45) is 5.10 Å². The largest absolute Gasteiger partial charge is 0.272 e. The minimum atomic E-state index is -0.0484. The monoisotopic (exact) mass is 210 g/mol. The number of fused-ring (bicyclic) bond motifs is 1. The summed E-state index contributed by atoms with van der Waals surface area (Å²) in [5.74, 6) is 0.186. The third kappa shape index (κ3) is 1.71. The van der Waals surface area contributed by atoms with Gasteiger partial charge in [0.1, 0.15) is 12.7 Å². The maximum atomic E-state index is 12.1. The van der Waals surface area contributed by atoms with Crippen molar-refractivity contribution in [2.45, 2.75) is 32.7 Å². The lowest BCUT2D eigenvalue weighted by molar-refractivity contribution is -0.170. The molecule has 1 amide bonds. The molecule has 2 heterocycles. The zero-order valence-electron chi connectivity index (χ0n) is 9.60. The number of amides is 1. The quantitative estimate of drug-likeness (QED) is 0.666. The van der Waals surface area contributed by atoms with E-state index in [0.29, 0.717) is 6.67 Å². The SMILES string of the molecule is CCCN1C(=O)C2CC(C)=NN2CN1C. The topological polar surface area (TPSA) is 39.2 Å². The molecule has 0 radical (unpaired) electrons. The third-order valence-electron chi connectivity index (χ3n) is 2.88. The highest BCUT2D eigenvalue weighted by atomic mass is 16.2. The Balaban J connectivity index is 2.13. The molecule has 0 aromatic rings. The highest BCUT2D eigenvalue weighted by Gasteiger charge is 2.40. The Bertz CT molecular complexity index is 298. The van der Waals surface area contributed by atoms with Crippen molar-refractivity contribution in [3.8, 4) is 0 Å². The second kappa shape index (κ2) is 3.81. The van der Waals surface area contributed by atoms with Gasteiger partial charge in [0.15, 0.2) is 0 Å². The summed E-state index contributed by atoms with van der Waals surface area (Å²) in [5, 5.41) is 10.1. The van der Waals surface area contributed by atoms with Crippen molar-refractivity contribution in [1.29, 1.82) is 0 Å². The van der Waals surface area contributed by atoms with Crippen LogP contribution in [0.15, 0.2) is 5.10 Å². The van der Waals surface area contributed by atoms with Gasteiger partial charge < -0.3 is 0 Å². The molecule has 0 aromatic heterocycles. The van der Waals surface area contributed by atoms with Crippen LogP contribution in [0.25, 0.3) is 0 Å². The molecule has 2 aliphatic rings. The molecule has 0 N–H and O–H groups in total. The predicted molar refractivity (Wildman–Crippen MR) is 58.0 cm³/mol. The fourth-order valence-electron chi connectivity index (χ4n) is 2.18. The first kappa shape index (κ1) is 10.4. The molecular formula is C10H18N4O. The van der Waals surface area contributed by atoms with E-state index in [4.69, 9.17) is 0 Å². The fourth-order valence-corrected chi connectivity index (χ4v) is 2.18. The second-order valence-corrected chi connectivity index (χ2v) is 4.26. The van der Waals surface area contributed by atoms with E-state index in [1.165, 1.54) is 0 Å². The summed E-state index contributed by atoms with van der Waals surface area (Å²) in [4.78, 5) is 12.1. The van der Waals surface area contributed by atoms with E-state index in [9.17, 15) is 4.79 Å². The molecule has 5 heteroatoms. The van der Waals surface area contributed by atoms with Crippen LogP contribution < -0.4 is 0 Å². The number of rotatable bonds is 2. The summed E-state index contributed by atoms with van der Waals surface area (Å²) in [5.41, 5.74) is 1.06. The fraction of sp³-hybridized carbons (Fsp3) is 0.800. The van der Waals surface area contributed by atoms with E-state index < -0.39 is 0 Å². The lowest BCUT2D eigenvalue weighted by Crippen LogP contribution is -2.60. The van der Waals surface area contributed by atoms with Crippen LogP contribution >= 0.6 is 0 Å². The maximum absolute atomic E-state index is 12.1. The van der Waals surface area contributed by atoms with Crippen molar-refractivity contribution in [1.82, 2.24) is 15.0 Å². The molecule has 0 spiro atoms. The first-order chi connectivity index (χ1) is 7.13. The van der Waals surface area contributed by atoms with E-state index >= 15 is 0 Å². The van der Waals surface area contributed by atoms with Crippen molar-refractivity contribution in [2.75, 3.05) is 20.3 Å². The maximum Gasteiger partial charge on any atom is 0.261 e. The third-order valence-corrected chi connectivity index (χ3v) is 2.88. The molecule has 84 valence electrons. The van der Waals surface area contributed by atoms with Gasteiger partial charge in [0.05, 0.1) is 0 Å². The van der Waals surface area contributed by atoms with Gasteiger partial charge in [0.2, 0.25) is 0 Å². The van der Waals surface area contributed by atoms with Crippen LogP contribution in [-0.4, -0.2) is 52.9 Å². The normalized spacial score (nSPS) is 27.0. The first-order valence-corrected chi connectivity index (χ1v) is 5.46. The summed E-state index contributed by atoms with van der Waals surface area (Å²) in [6.07, 6.45) is 1.77. The smallest absolute Gasteiger partial charge is 0.261 e. The number of hydrogen-bond donors (Lipinski definition) is 0. The van der Waals surface area contributed by atoms with Crippen LogP contribution in [0.4, 0.5) is 0 Å². The molecule has 1 fully saturated rings. The number of nitrogens with zero attached hydrogens (tertiary/aromatic N) is 4. The molecule has 1 saturated heterocycles. The number of hydrazone groups is 1. The van der Waals surface area contributed by atoms with E-state index in [1.807, 2.05) is 29.0 Å². The molecule has 15 heavy (non-hydrogen) atoms. The Hall–Kier alpha value is -1.10. The Kier molecular flexibility index (Phi) is 2.65. The van der Waals surface area contributed by atoms with Crippen LogP contribution in [0.5, 0.6) is 0 Å². The standard InChI is InChI=1S/C10H18N4O/c1-4-5-14-10(15)9-6-8(2)11-13(9)7-12(14)3/h9H,4-7H2,1-3H3. The summed E-state index contributed by atoms with van der Waals surface area (Å²) >= 11 is 0. The molecular weight excluding hydrogens is 192 g/mol. The second-order valence-electron chi connectivity index (χ2n) is 4.26. The van der Waals surface area contributed by atoms with Gasteiger partial charge in [0.25, 0.3) is 5.91 Å². The lowest BCUT2D eigenvalue weighted by Gasteiger charge is -2.42. The number of carbonyl (C=O) groups is 1. The van der Waals surface area contributed by atoms with Crippen LogP contribution in [0.2, 0.25) is 0 Å². The van der Waals surface area contributed by atoms with Gasteiger partial charge in [-0.3, -0.25) is 14.8 Å².